The van der Waals surface area contributed by atoms with Crippen LogP contribution < -0.4 is 0 Å². The highest BCUT2D eigenvalue weighted by Gasteiger charge is 2.15. The van der Waals surface area contributed by atoms with Gasteiger partial charge in [-0.3, -0.25) is 0 Å². The predicted octanol–water partition coefficient (Wildman–Crippen LogP) is 6.59. The summed E-state index contributed by atoms with van der Waals surface area (Å²) in [6.07, 6.45) is 1.11. The first kappa shape index (κ1) is 17.4. The van der Waals surface area contributed by atoms with Gasteiger partial charge in [0.25, 0.3) is 0 Å². The minimum atomic E-state index is 0. The first-order valence-corrected chi connectivity index (χ1v) is 7.33. The van der Waals surface area contributed by atoms with Gasteiger partial charge in [-0.05, 0) is 47.7 Å². The van der Waals surface area contributed by atoms with Gasteiger partial charge in [0, 0.05) is 16.0 Å². The minimum absolute atomic E-state index is 0. The largest absolute Gasteiger partial charge is 0.147 e. The van der Waals surface area contributed by atoms with E-state index in [0.717, 1.165) is 16.5 Å². The molecule has 0 unspecified atom stereocenters. The molecule has 2 rings (SSSR count). The highest BCUT2D eigenvalue weighted by molar-refractivity contribution is 6.30. The molecule has 0 fully saturated rings. The molecule has 0 aliphatic carbocycles. The van der Waals surface area contributed by atoms with Crippen molar-refractivity contribution in [2.24, 2.45) is 5.92 Å². The zero-order valence-corrected chi connectivity index (χ0v) is 14.0. The van der Waals surface area contributed by atoms with Crippen LogP contribution in [0.15, 0.2) is 48.5 Å². The second kappa shape index (κ2) is 7.93. The predicted molar refractivity (Wildman–Crippen MR) is 91.5 cm³/mol. The molecule has 0 amide bonds. The molecule has 20 heavy (non-hydrogen) atoms. The van der Waals surface area contributed by atoms with Gasteiger partial charge in [-0.2, -0.15) is 0 Å². The highest BCUT2D eigenvalue weighted by atomic mass is 35.5. The quantitative estimate of drug-likeness (QED) is 0.593. The molecule has 0 nitrogen and oxygen atoms in total. The van der Waals surface area contributed by atoms with Crippen LogP contribution in [0.3, 0.4) is 0 Å². The molecule has 0 bridgehead atoms. The summed E-state index contributed by atoms with van der Waals surface area (Å²) < 4.78 is 0. The highest BCUT2D eigenvalue weighted by Crippen LogP contribution is 2.32. The van der Waals surface area contributed by atoms with E-state index in [1.165, 1.54) is 11.1 Å². The van der Waals surface area contributed by atoms with Crippen molar-refractivity contribution >= 4 is 35.6 Å². The average Bonchev–Trinajstić information content (AvgIpc) is 2.38. The summed E-state index contributed by atoms with van der Waals surface area (Å²) in [5.41, 5.74) is 2.61. The summed E-state index contributed by atoms with van der Waals surface area (Å²) >= 11 is 11.9. The Labute approximate surface area is 137 Å². The van der Waals surface area contributed by atoms with Crippen LogP contribution in [0.4, 0.5) is 0 Å². The molecule has 0 saturated carbocycles. The van der Waals surface area contributed by atoms with E-state index in [2.05, 4.69) is 38.1 Å². The van der Waals surface area contributed by atoms with Crippen LogP contribution in [0, 0.1) is 5.92 Å². The monoisotopic (exact) mass is 328 g/mol. The summed E-state index contributed by atoms with van der Waals surface area (Å²) in [6.45, 7) is 4.50. The van der Waals surface area contributed by atoms with E-state index in [9.17, 15) is 0 Å². The fraction of sp³-hybridized carbons (Fsp3) is 0.294. The average molecular weight is 330 g/mol. The molecule has 0 spiro atoms. The Bertz CT molecular complexity index is 469. The SMILES string of the molecule is CC(C)CC(c1ccc(Cl)cc1)c1ccc(Cl)cc1.Cl. The maximum absolute atomic E-state index is 5.97. The Morgan fingerprint density at radius 1 is 0.750 bits per heavy atom. The van der Waals surface area contributed by atoms with Crippen LogP contribution in [0.5, 0.6) is 0 Å². The standard InChI is InChI=1S/C17H18Cl2.ClH/c1-12(2)11-17(13-3-7-15(18)8-4-13)14-5-9-16(19)10-6-14;/h3-10,12,17H,11H2,1-2H3;1H. The first-order valence-electron chi connectivity index (χ1n) is 6.57. The Hall–Kier alpha value is -0.690. The van der Waals surface area contributed by atoms with Gasteiger partial charge < -0.3 is 0 Å². The van der Waals surface area contributed by atoms with Crippen molar-refractivity contribution in [2.45, 2.75) is 26.2 Å². The van der Waals surface area contributed by atoms with Crippen LogP contribution in [-0.2, 0) is 0 Å². The molecular formula is C17H19Cl3. The summed E-state index contributed by atoms with van der Waals surface area (Å²) in [7, 11) is 0. The number of hydrogen-bond acceptors (Lipinski definition) is 0. The molecular weight excluding hydrogens is 311 g/mol. The number of benzene rings is 2. The molecule has 0 saturated heterocycles. The van der Waals surface area contributed by atoms with E-state index in [4.69, 9.17) is 23.2 Å². The zero-order chi connectivity index (χ0) is 13.8. The molecule has 2 aromatic rings. The Kier molecular flexibility index (Phi) is 6.88. The van der Waals surface area contributed by atoms with Crippen LogP contribution >= 0.6 is 35.6 Å². The zero-order valence-electron chi connectivity index (χ0n) is 11.6. The Balaban J connectivity index is 0.00000200. The molecule has 0 aromatic heterocycles. The summed E-state index contributed by atoms with van der Waals surface area (Å²) in [5.74, 6) is 1.03. The van der Waals surface area contributed by atoms with Gasteiger partial charge in [0.05, 0.1) is 0 Å². The number of rotatable bonds is 4. The van der Waals surface area contributed by atoms with Crippen LogP contribution in [0.2, 0.25) is 10.0 Å². The van der Waals surface area contributed by atoms with E-state index in [0.29, 0.717) is 11.8 Å². The molecule has 0 atom stereocenters. The maximum atomic E-state index is 5.97. The van der Waals surface area contributed by atoms with E-state index in [1.54, 1.807) is 0 Å². The van der Waals surface area contributed by atoms with Crippen molar-refractivity contribution in [3.05, 3.63) is 69.7 Å². The molecule has 3 heteroatoms. The van der Waals surface area contributed by atoms with E-state index in [1.807, 2.05) is 24.3 Å². The van der Waals surface area contributed by atoms with Gasteiger partial charge in [0.2, 0.25) is 0 Å². The smallest absolute Gasteiger partial charge is 0.0406 e. The molecule has 108 valence electrons. The third-order valence-electron chi connectivity index (χ3n) is 3.25. The lowest BCUT2D eigenvalue weighted by atomic mass is 9.85. The minimum Gasteiger partial charge on any atom is -0.147 e. The van der Waals surface area contributed by atoms with Gasteiger partial charge >= 0.3 is 0 Å². The molecule has 0 radical (unpaired) electrons. The van der Waals surface area contributed by atoms with Crippen molar-refractivity contribution in [3.63, 3.8) is 0 Å². The van der Waals surface area contributed by atoms with Crippen molar-refractivity contribution < 1.29 is 0 Å². The normalized spacial score (nSPS) is 10.7. The van der Waals surface area contributed by atoms with Crippen molar-refractivity contribution in [3.8, 4) is 0 Å². The fourth-order valence-electron chi connectivity index (χ4n) is 2.33. The van der Waals surface area contributed by atoms with Gasteiger partial charge in [0.15, 0.2) is 0 Å². The molecule has 0 aliphatic rings. The van der Waals surface area contributed by atoms with Crippen molar-refractivity contribution in [1.82, 2.24) is 0 Å². The molecule has 0 aliphatic heterocycles. The summed E-state index contributed by atoms with van der Waals surface area (Å²) in [4.78, 5) is 0. The van der Waals surface area contributed by atoms with E-state index >= 15 is 0 Å². The topological polar surface area (TPSA) is 0 Å². The Morgan fingerprint density at radius 2 is 1.10 bits per heavy atom. The number of hydrogen-bond donors (Lipinski definition) is 0. The lowest BCUT2D eigenvalue weighted by Gasteiger charge is -2.20. The molecule has 0 N–H and O–H groups in total. The number of halogens is 3. The lowest BCUT2D eigenvalue weighted by molar-refractivity contribution is 0.541. The van der Waals surface area contributed by atoms with Gasteiger partial charge in [-0.15, -0.1) is 12.4 Å². The Morgan fingerprint density at radius 3 is 1.40 bits per heavy atom. The van der Waals surface area contributed by atoms with Crippen LogP contribution in [0.25, 0.3) is 0 Å². The van der Waals surface area contributed by atoms with Crippen LogP contribution in [-0.4, -0.2) is 0 Å². The van der Waals surface area contributed by atoms with Gasteiger partial charge in [-0.25, -0.2) is 0 Å². The van der Waals surface area contributed by atoms with Crippen molar-refractivity contribution in [1.29, 1.82) is 0 Å². The first-order chi connectivity index (χ1) is 9.06. The third-order valence-corrected chi connectivity index (χ3v) is 3.76. The van der Waals surface area contributed by atoms with Crippen molar-refractivity contribution in [2.75, 3.05) is 0 Å². The summed E-state index contributed by atoms with van der Waals surface area (Å²) in [6, 6.07) is 16.3. The van der Waals surface area contributed by atoms with E-state index in [-0.39, 0.29) is 12.4 Å². The second-order valence-electron chi connectivity index (χ2n) is 5.29. The van der Waals surface area contributed by atoms with E-state index < -0.39 is 0 Å². The molecule has 2 aromatic carbocycles. The van der Waals surface area contributed by atoms with Gasteiger partial charge in [0.1, 0.15) is 0 Å². The fourth-order valence-corrected chi connectivity index (χ4v) is 2.58. The second-order valence-corrected chi connectivity index (χ2v) is 6.16. The van der Waals surface area contributed by atoms with Gasteiger partial charge in [-0.1, -0.05) is 61.3 Å². The van der Waals surface area contributed by atoms with Crippen LogP contribution in [0.1, 0.15) is 37.3 Å². The molecule has 0 heterocycles. The maximum Gasteiger partial charge on any atom is 0.0406 e. The summed E-state index contributed by atoms with van der Waals surface area (Å²) in [5, 5.41) is 1.56. The lowest BCUT2D eigenvalue weighted by Crippen LogP contribution is -2.05. The third kappa shape index (κ3) is 4.70.